The number of carbonyl (C=O) groups is 1. The molecule has 3 aromatic heterocycles. The van der Waals surface area contributed by atoms with Gasteiger partial charge in [0.05, 0.1) is 11.3 Å². The quantitative estimate of drug-likeness (QED) is 0.322. The third kappa shape index (κ3) is 3.60. The Balaban J connectivity index is 1.32. The summed E-state index contributed by atoms with van der Waals surface area (Å²) < 4.78 is 0. The molecular formula is C22H16N4OS3. The Labute approximate surface area is 185 Å². The zero-order valence-electron chi connectivity index (χ0n) is 15.8. The molecule has 1 aliphatic carbocycles. The van der Waals surface area contributed by atoms with E-state index in [0.29, 0.717) is 10.6 Å². The van der Waals surface area contributed by atoms with Gasteiger partial charge >= 0.3 is 0 Å². The molecule has 8 heteroatoms. The Kier molecular flexibility index (Phi) is 5.25. The fourth-order valence-corrected chi connectivity index (χ4v) is 6.70. The number of thioether (sulfide) groups is 1. The SMILES string of the molecule is N#Cc1c(NC(=O)CSc2ncnc3sc(-c4ccccc4)cc23)sc2c1CCC2. The number of aromatic nitrogens is 2. The summed E-state index contributed by atoms with van der Waals surface area (Å²) >= 11 is 4.55. The molecule has 0 atom stereocenters. The Morgan fingerprint density at radius 1 is 1.20 bits per heavy atom. The molecule has 1 amide bonds. The van der Waals surface area contributed by atoms with Crippen LogP contribution >= 0.6 is 34.4 Å². The standard InChI is InChI=1S/C22H16N4OS3/c23-10-16-14-7-4-8-17(14)29-22(16)26-19(27)11-28-20-15-9-18(13-5-2-1-3-6-13)30-21(15)25-12-24-20/h1-3,5-6,9,12H,4,7-8,11H2,(H,26,27). The second-order valence-electron chi connectivity index (χ2n) is 6.88. The van der Waals surface area contributed by atoms with Gasteiger partial charge in [-0.05, 0) is 36.5 Å². The minimum Gasteiger partial charge on any atom is -0.316 e. The van der Waals surface area contributed by atoms with Crippen LogP contribution in [-0.4, -0.2) is 21.6 Å². The maximum absolute atomic E-state index is 12.6. The Bertz CT molecular complexity index is 1290. The van der Waals surface area contributed by atoms with Crippen molar-refractivity contribution in [2.45, 2.75) is 24.3 Å². The summed E-state index contributed by atoms with van der Waals surface area (Å²) in [6, 6.07) is 14.5. The number of amides is 1. The molecule has 0 spiro atoms. The number of carbonyl (C=O) groups excluding carboxylic acids is 1. The zero-order valence-corrected chi connectivity index (χ0v) is 18.3. The highest BCUT2D eigenvalue weighted by Crippen LogP contribution is 2.39. The van der Waals surface area contributed by atoms with Crippen LogP contribution in [-0.2, 0) is 17.6 Å². The minimum absolute atomic E-state index is 0.123. The number of fused-ring (bicyclic) bond motifs is 2. The molecule has 1 N–H and O–H groups in total. The number of rotatable bonds is 5. The molecular weight excluding hydrogens is 432 g/mol. The second kappa shape index (κ2) is 8.19. The van der Waals surface area contributed by atoms with Gasteiger partial charge in [0.2, 0.25) is 5.91 Å². The molecule has 0 fully saturated rings. The van der Waals surface area contributed by atoms with Crippen LogP contribution in [0.2, 0.25) is 0 Å². The third-order valence-electron chi connectivity index (χ3n) is 4.98. The van der Waals surface area contributed by atoms with Crippen molar-refractivity contribution in [2.75, 3.05) is 11.1 Å². The monoisotopic (exact) mass is 448 g/mol. The fourth-order valence-electron chi connectivity index (χ4n) is 3.60. The molecule has 148 valence electrons. The molecule has 3 heterocycles. The molecule has 0 bridgehead atoms. The van der Waals surface area contributed by atoms with Gasteiger partial charge < -0.3 is 5.32 Å². The molecule has 30 heavy (non-hydrogen) atoms. The third-order valence-corrected chi connectivity index (χ3v) is 8.28. The fraction of sp³-hybridized carbons (Fsp3) is 0.182. The number of nitrogens with one attached hydrogen (secondary N) is 1. The van der Waals surface area contributed by atoms with Crippen molar-refractivity contribution < 1.29 is 4.79 Å². The highest BCUT2D eigenvalue weighted by atomic mass is 32.2. The van der Waals surface area contributed by atoms with Crippen LogP contribution in [0.3, 0.4) is 0 Å². The van der Waals surface area contributed by atoms with E-state index in [1.165, 1.54) is 28.0 Å². The van der Waals surface area contributed by atoms with Crippen molar-refractivity contribution in [1.82, 2.24) is 9.97 Å². The van der Waals surface area contributed by atoms with E-state index in [4.69, 9.17) is 0 Å². The van der Waals surface area contributed by atoms with Crippen LogP contribution < -0.4 is 5.32 Å². The highest BCUT2D eigenvalue weighted by Gasteiger charge is 2.23. The lowest BCUT2D eigenvalue weighted by Gasteiger charge is -2.04. The van der Waals surface area contributed by atoms with E-state index in [9.17, 15) is 10.1 Å². The maximum Gasteiger partial charge on any atom is 0.235 e. The lowest BCUT2D eigenvalue weighted by atomic mass is 10.1. The predicted octanol–water partition coefficient (Wildman–Crippen LogP) is 5.51. The number of nitriles is 1. The summed E-state index contributed by atoms with van der Waals surface area (Å²) in [5, 5.41) is 14.9. The van der Waals surface area contributed by atoms with Crippen LogP contribution in [0, 0.1) is 11.3 Å². The average Bonchev–Trinajstić information content (AvgIpc) is 3.47. The van der Waals surface area contributed by atoms with Crippen molar-refractivity contribution in [2.24, 2.45) is 0 Å². The van der Waals surface area contributed by atoms with Gasteiger partial charge in [0, 0.05) is 15.1 Å². The van der Waals surface area contributed by atoms with Crippen LogP contribution in [0.15, 0.2) is 47.8 Å². The normalized spacial score (nSPS) is 12.6. The molecule has 1 aromatic carbocycles. The minimum atomic E-state index is -0.123. The van der Waals surface area contributed by atoms with Gasteiger partial charge in [-0.25, -0.2) is 9.97 Å². The summed E-state index contributed by atoms with van der Waals surface area (Å²) in [5.74, 6) is 0.109. The van der Waals surface area contributed by atoms with Crippen LogP contribution in [0.4, 0.5) is 5.00 Å². The van der Waals surface area contributed by atoms with Gasteiger partial charge in [0.1, 0.15) is 27.3 Å². The van der Waals surface area contributed by atoms with E-state index in [1.54, 1.807) is 17.7 Å². The van der Waals surface area contributed by atoms with Crippen molar-refractivity contribution >= 4 is 55.6 Å². The first-order valence-electron chi connectivity index (χ1n) is 9.50. The molecule has 4 aromatic rings. The smallest absolute Gasteiger partial charge is 0.235 e. The molecule has 0 saturated carbocycles. The molecule has 5 rings (SSSR count). The van der Waals surface area contributed by atoms with E-state index < -0.39 is 0 Å². The Morgan fingerprint density at radius 2 is 2.07 bits per heavy atom. The largest absolute Gasteiger partial charge is 0.316 e. The van der Waals surface area contributed by atoms with Gasteiger partial charge in [0.25, 0.3) is 0 Å². The Morgan fingerprint density at radius 3 is 2.90 bits per heavy atom. The number of benzene rings is 1. The van der Waals surface area contributed by atoms with Crippen LogP contribution in [0.25, 0.3) is 20.7 Å². The van der Waals surface area contributed by atoms with Gasteiger partial charge in [-0.1, -0.05) is 42.1 Å². The lowest BCUT2D eigenvalue weighted by Crippen LogP contribution is -2.14. The molecule has 1 aliphatic rings. The summed E-state index contributed by atoms with van der Waals surface area (Å²) in [4.78, 5) is 24.6. The summed E-state index contributed by atoms with van der Waals surface area (Å²) in [6.07, 6.45) is 4.57. The predicted molar refractivity (Wildman–Crippen MR) is 123 cm³/mol. The summed E-state index contributed by atoms with van der Waals surface area (Å²) in [6.45, 7) is 0. The number of nitrogens with zero attached hydrogens (tertiary/aromatic N) is 3. The van der Waals surface area contributed by atoms with Crippen LogP contribution in [0.5, 0.6) is 0 Å². The lowest BCUT2D eigenvalue weighted by molar-refractivity contribution is -0.113. The van der Waals surface area contributed by atoms with E-state index in [2.05, 4.69) is 39.6 Å². The summed E-state index contributed by atoms with van der Waals surface area (Å²) in [7, 11) is 0. The first-order chi connectivity index (χ1) is 14.7. The van der Waals surface area contributed by atoms with E-state index >= 15 is 0 Å². The van der Waals surface area contributed by atoms with E-state index in [1.807, 2.05) is 18.2 Å². The number of hydrogen-bond donors (Lipinski definition) is 1. The topological polar surface area (TPSA) is 78.7 Å². The number of hydrogen-bond acceptors (Lipinski definition) is 7. The average molecular weight is 449 g/mol. The van der Waals surface area contributed by atoms with Crippen molar-refractivity contribution in [1.29, 1.82) is 5.26 Å². The Hall–Kier alpha value is -2.73. The highest BCUT2D eigenvalue weighted by molar-refractivity contribution is 8.00. The molecule has 0 unspecified atom stereocenters. The van der Waals surface area contributed by atoms with Crippen molar-refractivity contribution in [3.8, 4) is 16.5 Å². The molecule has 5 nitrogen and oxygen atoms in total. The zero-order chi connectivity index (χ0) is 20.5. The van der Waals surface area contributed by atoms with Gasteiger partial charge in [-0.15, -0.1) is 22.7 Å². The van der Waals surface area contributed by atoms with E-state index in [0.717, 1.165) is 50.5 Å². The molecule has 0 radical (unpaired) electrons. The van der Waals surface area contributed by atoms with Crippen molar-refractivity contribution in [3.63, 3.8) is 0 Å². The summed E-state index contributed by atoms with van der Waals surface area (Å²) in [5.41, 5.74) is 2.90. The van der Waals surface area contributed by atoms with Crippen LogP contribution in [0.1, 0.15) is 22.4 Å². The molecule has 0 saturated heterocycles. The number of aryl methyl sites for hydroxylation is 1. The first kappa shape index (κ1) is 19.2. The van der Waals surface area contributed by atoms with Gasteiger partial charge in [-0.2, -0.15) is 5.26 Å². The van der Waals surface area contributed by atoms with Crippen molar-refractivity contribution in [3.05, 3.63) is 58.7 Å². The van der Waals surface area contributed by atoms with Gasteiger partial charge in [-0.3, -0.25) is 4.79 Å². The maximum atomic E-state index is 12.6. The molecule has 0 aliphatic heterocycles. The number of thiophene rings is 2. The second-order valence-corrected chi connectivity index (χ2v) is 9.98. The van der Waals surface area contributed by atoms with Gasteiger partial charge in [0.15, 0.2) is 0 Å². The number of anilines is 1. The van der Waals surface area contributed by atoms with E-state index in [-0.39, 0.29) is 11.7 Å². The first-order valence-corrected chi connectivity index (χ1v) is 12.1.